The zero-order valence-electron chi connectivity index (χ0n) is 13.8. The van der Waals surface area contributed by atoms with Gasteiger partial charge in [-0.15, -0.1) is 0 Å². The quantitative estimate of drug-likeness (QED) is 0.841. The number of nitrogens with zero attached hydrogens (tertiary/aromatic N) is 3. The van der Waals surface area contributed by atoms with Crippen LogP contribution in [0.5, 0.6) is 5.75 Å². The maximum Gasteiger partial charge on any atom is 0.208 e. The normalized spacial score (nSPS) is 18.3. The van der Waals surface area contributed by atoms with Crippen molar-refractivity contribution in [3.05, 3.63) is 47.8 Å². The summed E-state index contributed by atoms with van der Waals surface area (Å²) in [6.45, 7) is 2.63. The molecule has 130 valence electrons. The van der Waals surface area contributed by atoms with Crippen LogP contribution in [0.15, 0.2) is 36.5 Å². The summed E-state index contributed by atoms with van der Waals surface area (Å²) in [4.78, 5) is 2.29. The summed E-state index contributed by atoms with van der Waals surface area (Å²) in [6.07, 6.45) is 2.94. The molecular formula is C16H22N4O3S. The number of hydrogen-bond acceptors (Lipinski definition) is 5. The third kappa shape index (κ3) is 4.14. The molecule has 1 N–H and O–H groups in total. The molecule has 2 aromatic rings. The van der Waals surface area contributed by atoms with Crippen molar-refractivity contribution in [3.8, 4) is 5.75 Å². The summed E-state index contributed by atoms with van der Waals surface area (Å²) in [7, 11) is -1.56. The Morgan fingerprint density at radius 3 is 2.96 bits per heavy atom. The van der Waals surface area contributed by atoms with E-state index in [1.807, 2.05) is 28.9 Å². The topological polar surface area (TPSA) is 76.5 Å². The van der Waals surface area contributed by atoms with Gasteiger partial charge in [0.05, 0.1) is 25.1 Å². The van der Waals surface area contributed by atoms with Crippen LogP contribution in [0.4, 0.5) is 0 Å². The minimum Gasteiger partial charge on any atom is -0.497 e. The Kier molecular flexibility index (Phi) is 4.88. The van der Waals surface area contributed by atoms with E-state index in [1.165, 1.54) is 6.26 Å². The van der Waals surface area contributed by atoms with Crippen molar-refractivity contribution in [3.63, 3.8) is 0 Å². The Bertz CT molecular complexity index is 803. The van der Waals surface area contributed by atoms with Crippen LogP contribution >= 0.6 is 0 Å². The van der Waals surface area contributed by atoms with E-state index in [1.54, 1.807) is 13.3 Å². The molecule has 1 unspecified atom stereocenters. The van der Waals surface area contributed by atoms with Crippen molar-refractivity contribution < 1.29 is 13.2 Å². The molecule has 0 amide bonds. The molecule has 0 aliphatic carbocycles. The molecule has 0 bridgehead atoms. The van der Waals surface area contributed by atoms with Gasteiger partial charge < -0.3 is 4.74 Å². The third-order valence-electron chi connectivity index (χ3n) is 4.07. The maximum atomic E-state index is 11.4. The molecule has 24 heavy (non-hydrogen) atoms. The predicted octanol–water partition coefficient (Wildman–Crippen LogP) is 0.998. The van der Waals surface area contributed by atoms with Gasteiger partial charge in [0.15, 0.2) is 0 Å². The molecule has 2 heterocycles. The second kappa shape index (κ2) is 6.92. The molecule has 0 spiro atoms. The van der Waals surface area contributed by atoms with Gasteiger partial charge in [0.2, 0.25) is 10.0 Å². The lowest BCUT2D eigenvalue weighted by molar-refractivity contribution is 0.168. The predicted molar refractivity (Wildman–Crippen MR) is 91.2 cm³/mol. The molecule has 7 nitrogen and oxygen atoms in total. The van der Waals surface area contributed by atoms with E-state index >= 15 is 0 Å². The first-order valence-corrected chi connectivity index (χ1v) is 9.66. The van der Waals surface area contributed by atoms with Gasteiger partial charge in [-0.3, -0.25) is 9.58 Å². The van der Waals surface area contributed by atoms with Crippen LogP contribution in [0.3, 0.4) is 0 Å². The molecule has 0 saturated heterocycles. The van der Waals surface area contributed by atoms with Gasteiger partial charge in [0, 0.05) is 32.4 Å². The molecule has 0 saturated carbocycles. The van der Waals surface area contributed by atoms with Crippen molar-refractivity contribution in [1.82, 2.24) is 19.4 Å². The van der Waals surface area contributed by atoms with Crippen molar-refractivity contribution in [1.29, 1.82) is 0 Å². The van der Waals surface area contributed by atoms with E-state index in [4.69, 9.17) is 4.74 Å². The zero-order valence-corrected chi connectivity index (χ0v) is 14.7. The number of rotatable bonds is 6. The van der Waals surface area contributed by atoms with Gasteiger partial charge in [0.1, 0.15) is 5.75 Å². The van der Waals surface area contributed by atoms with Crippen molar-refractivity contribution in [2.24, 2.45) is 0 Å². The first-order chi connectivity index (χ1) is 11.4. The number of sulfonamides is 1. The summed E-state index contributed by atoms with van der Waals surface area (Å²) >= 11 is 0. The van der Waals surface area contributed by atoms with E-state index in [2.05, 4.69) is 20.8 Å². The van der Waals surface area contributed by atoms with E-state index in [-0.39, 0.29) is 6.04 Å². The highest BCUT2D eigenvalue weighted by atomic mass is 32.2. The van der Waals surface area contributed by atoms with Gasteiger partial charge in [-0.25, -0.2) is 13.1 Å². The van der Waals surface area contributed by atoms with Gasteiger partial charge >= 0.3 is 0 Å². The number of ether oxygens (including phenoxy) is 1. The molecule has 0 radical (unpaired) electrons. The monoisotopic (exact) mass is 350 g/mol. The number of aromatic nitrogens is 2. The molecule has 1 aliphatic rings. The number of fused-ring (bicyclic) bond motifs is 1. The first-order valence-electron chi connectivity index (χ1n) is 7.77. The fraction of sp³-hybridized carbons (Fsp3) is 0.438. The lowest BCUT2D eigenvalue weighted by Gasteiger charge is -2.34. The van der Waals surface area contributed by atoms with Crippen LogP contribution in [-0.4, -0.2) is 49.6 Å². The van der Waals surface area contributed by atoms with Crippen LogP contribution in [0.2, 0.25) is 0 Å². The van der Waals surface area contributed by atoms with Crippen LogP contribution in [-0.2, 0) is 23.1 Å². The highest BCUT2D eigenvalue weighted by molar-refractivity contribution is 7.88. The second-order valence-corrected chi connectivity index (χ2v) is 7.90. The summed E-state index contributed by atoms with van der Waals surface area (Å²) in [6, 6.07) is 9.95. The Labute approximate surface area is 142 Å². The summed E-state index contributed by atoms with van der Waals surface area (Å²) < 4.78 is 32.6. The Balaban J connectivity index is 1.74. The molecule has 0 fully saturated rings. The Morgan fingerprint density at radius 2 is 2.21 bits per heavy atom. The summed E-state index contributed by atoms with van der Waals surface area (Å²) in [5.74, 6) is 0.838. The lowest BCUT2D eigenvalue weighted by Crippen LogP contribution is -2.42. The molecule has 1 aromatic carbocycles. The first kappa shape index (κ1) is 16.9. The molecule has 8 heteroatoms. The molecule has 3 rings (SSSR count). The summed E-state index contributed by atoms with van der Waals surface area (Å²) in [5.41, 5.74) is 2.25. The largest absolute Gasteiger partial charge is 0.497 e. The number of hydrogen-bond donors (Lipinski definition) is 1. The highest BCUT2D eigenvalue weighted by Gasteiger charge is 2.26. The summed E-state index contributed by atoms with van der Waals surface area (Å²) in [5, 5.41) is 4.34. The van der Waals surface area contributed by atoms with E-state index in [9.17, 15) is 8.42 Å². The van der Waals surface area contributed by atoms with Crippen LogP contribution in [0, 0.1) is 0 Å². The Hall–Kier alpha value is -1.90. The molecular weight excluding hydrogens is 328 g/mol. The van der Waals surface area contributed by atoms with Gasteiger partial charge in [-0.05, 0) is 23.8 Å². The third-order valence-corrected chi connectivity index (χ3v) is 4.77. The molecule has 1 atom stereocenters. The van der Waals surface area contributed by atoms with Crippen molar-refractivity contribution in [2.45, 2.75) is 19.1 Å². The zero-order chi connectivity index (χ0) is 17.2. The standard InChI is InChI=1S/C16H22N4O3S/c1-23-16-5-3-4-13(8-16)10-19-11-14-6-7-17-20(14)15(12-19)9-18-24(2,21)22/h3-8,15,18H,9-12H2,1-2H3. The Morgan fingerprint density at radius 1 is 1.38 bits per heavy atom. The van der Waals surface area contributed by atoms with Gasteiger partial charge in [-0.1, -0.05) is 12.1 Å². The highest BCUT2D eigenvalue weighted by Crippen LogP contribution is 2.23. The van der Waals surface area contributed by atoms with E-state index in [0.717, 1.165) is 36.6 Å². The minimum absolute atomic E-state index is 0.0240. The smallest absolute Gasteiger partial charge is 0.208 e. The SMILES string of the molecule is COc1cccc(CN2Cc3ccnn3C(CNS(C)(=O)=O)C2)c1. The molecule has 1 aliphatic heterocycles. The number of nitrogens with one attached hydrogen (secondary N) is 1. The minimum atomic E-state index is -3.22. The average Bonchev–Trinajstić information content (AvgIpc) is 3.00. The number of benzene rings is 1. The van der Waals surface area contributed by atoms with Crippen molar-refractivity contribution >= 4 is 10.0 Å². The van der Waals surface area contributed by atoms with Crippen LogP contribution in [0.1, 0.15) is 17.3 Å². The van der Waals surface area contributed by atoms with Crippen LogP contribution < -0.4 is 9.46 Å². The lowest BCUT2D eigenvalue weighted by atomic mass is 10.1. The average molecular weight is 350 g/mol. The van der Waals surface area contributed by atoms with Crippen molar-refractivity contribution in [2.75, 3.05) is 26.5 Å². The fourth-order valence-electron chi connectivity index (χ4n) is 3.01. The number of methoxy groups -OCH3 is 1. The van der Waals surface area contributed by atoms with Gasteiger partial charge in [0.25, 0.3) is 0 Å². The van der Waals surface area contributed by atoms with Crippen LogP contribution in [0.25, 0.3) is 0 Å². The maximum absolute atomic E-state index is 11.4. The fourth-order valence-corrected chi connectivity index (χ4v) is 3.51. The van der Waals surface area contributed by atoms with E-state index < -0.39 is 10.0 Å². The second-order valence-electron chi connectivity index (χ2n) is 6.06. The van der Waals surface area contributed by atoms with Gasteiger partial charge in [-0.2, -0.15) is 5.10 Å². The molecule has 1 aromatic heterocycles. The van der Waals surface area contributed by atoms with E-state index in [0.29, 0.717) is 6.54 Å².